The minimum absolute atomic E-state index is 0.0699. The zero-order valence-electron chi connectivity index (χ0n) is 47.3. The molecule has 0 aliphatic carbocycles. The Kier molecular flexibility index (Phi) is 57.7. The highest BCUT2D eigenvalue weighted by Gasteiger charge is 2.19. The van der Waals surface area contributed by atoms with Crippen LogP contribution in [0.25, 0.3) is 0 Å². The molecule has 0 radical (unpaired) electrons. The third-order valence-corrected chi connectivity index (χ3v) is 14.2. The number of carbonyl (C=O) groups is 3. The zero-order valence-corrected chi connectivity index (χ0v) is 47.3. The van der Waals surface area contributed by atoms with Crippen molar-refractivity contribution in [1.82, 2.24) is 0 Å². The smallest absolute Gasteiger partial charge is 0.306 e. The summed E-state index contributed by atoms with van der Waals surface area (Å²) >= 11 is 0. The summed E-state index contributed by atoms with van der Waals surface area (Å²) in [7, 11) is 0. The third kappa shape index (κ3) is 56.8. The Bertz CT molecular complexity index is 1130. The Labute approximate surface area is 436 Å². The van der Waals surface area contributed by atoms with Gasteiger partial charge in [-0.15, -0.1) is 0 Å². The van der Waals surface area contributed by atoms with E-state index in [0.717, 1.165) is 64.2 Å². The standard InChI is InChI=1S/C64H120O6/c1-4-7-10-13-16-18-20-22-23-24-25-26-27-28-29-30-31-32-33-34-35-36-37-38-39-40-41-42-44-45-48-51-54-57-63(66)69-60-61(59-68-62(65)56-53-50-47-15-12-9-6-3)70-64(67)58-55-52-49-46-43-21-19-17-14-11-8-5-2/h17,19,24-25,61H,4-16,18,20-23,26-60H2,1-3H3/b19-17-,25-24-. The maximum Gasteiger partial charge on any atom is 0.306 e. The summed E-state index contributed by atoms with van der Waals surface area (Å²) in [4.78, 5) is 37.9. The fraction of sp³-hybridized carbons (Fsp3) is 0.891. The van der Waals surface area contributed by atoms with Crippen LogP contribution >= 0.6 is 0 Å². The summed E-state index contributed by atoms with van der Waals surface area (Å²) in [5, 5.41) is 0. The van der Waals surface area contributed by atoms with Crippen molar-refractivity contribution in [3.05, 3.63) is 24.3 Å². The van der Waals surface area contributed by atoms with Crippen molar-refractivity contribution in [3.63, 3.8) is 0 Å². The molecule has 0 fully saturated rings. The van der Waals surface area contributed by atoms with Crippen LogP contribution in [0.1, 0.15) is 348 Å². The summed E-state index contributed by atoms with van der Waals surface area (Å²) in [6, 6.07) is 0. The van der Waals surface area contributed by atoms with Gasteiger partial charge in [-0.2, -0.15) is 0 Å². The van der Waals surface area contributed by atoms with Gasteiger partial charge in [0, 0.05) is 19.3 Å². The first-order chi connectivity index (χ1) is 34.5. The lowest BCUT2D eigenvalue weighted by molar-refractivity contribution is -0.167. The minimum Gasteiger partial charge on any atom is -0.462 e. The van der Waals surface area contributed by atoms with Crippen molar-refractivity contribution in [2.45, 2.75) is 354 Å². The second-order valence-corrected chi connectivity index (χ2v) is 21.3. The van der Waals surface area contributed by atoms with Crippen LogP contribution in [0.15, 0.2) is 24.3 Å². The molecule has 0 saturated carbocycles. The Hall–Kier alpha value is -2.11. The van der Waals surface area contributed by atoms with E-state index in [1.807, 2.05) is 0 Å². The molecule has 0 aromatic heterocycles. The van der Waals surface area contributed by atoms with Crippen LogP contribution in [0.2, 0.25) is 0 Å². The van der Waals surface area contributed by atoms with Gasteiger partial charge < -0.3 is 14.2 Å². The van der Waals surface area contributed by atoms with Crippen LogP contribution in [-0.4, -0.2) is 37.2 Å². The van der Waals surface area contributed by atoms with Crippen LogP contribution in [0.4, 0.5) is 0 Å². The maximum absolute atomic E-state index is 12.8. The van der Waals surface area contributed by atoms with Gasteiger partial charge in [0.05, 0.1) is 0 Å². The lowest BCUT2D eigenvalue weighted by Gasteiger charge is -2.18. The van der Waals surface area contributed by atoms with Crippen molar-refractivity contribution >= 4 is 17.9 Å². The average Bonchev–Trinajstić information content (AvgIpc) is 3.36. The molecule has 70 heavy (non-hydrogen) atoms. The van der Waals surface area contributed by atoms with Gasteiger partial charge in [-0.25, -0.2) is 0 Å². The molecule has 412 valence electrons. The van der Waals surface area contributed by atoms with Crippen molar-refractivity contribution in [1.29, 1.82) is 0 Å². The lowest BCUT2D eigenvalue weighted by Crippen LogP contribution is -2.30. The molecule has 0 heterocycles. The first-order valence-corrected chi connectivity index (χ1v) is 31.3. The van der Waals surface area contributed by atoms with Gasteiger partial charge in [0.25, 0.3) is 0 Å². The number of allylic oxidation sites excluding steroid dienone is 4. The third-order valence-electron chi connectivity index (χ3n) is 14.2. The summed E-state index contributed by atoms with van der Waals surface area (Å²) in [6.45, 7) is 6.61. The first kappa shape index (κ1) is 67.9. The molecule has 0 N–H and O–H groups in total. The highest BCUT2D eigenvalue weighted by Crippen LogP contribution is 2.18. The second-order valence-electron chi connectivity index (χ2n) is 21.3. The molecule has 1 unspecified atom stereocenters. The molecule has 0 saturated heterocycles. The minimum atomic E-state index is -0.768. The van der Waals surface area contributed by atoms with Crippen LogP contribution < -0.4 is 0 Å². The summed E-state index contributed by atoms with van der Waals surface area (Å²) < 4.78 is 16.8. The van der Waals surface area contributed by atoms with E-state index in [-0.39, 0.29) is 31.1 Å². The van der Waals surface area contributed by atoms with Gasteiger partial charge in [-0.3, -0.25) is 14.4 Å². The fourth-order valence-electron chi connectivity index (χ4n) is 9.44. The van der Waals surface area contributed by atoms with E-state index in [1.54, 1.807) is 0 Å². The number of esters is 3. The summed E-state index contributed by atoms with van der Waals surface area (Å²) in [5.41, 5.74) is 0. The van der Waals surface area contributed by atoms with Gasteiger partial charge in [0.1, 0.15) is 13.2 Å². The molecule has 0 amide bonds. The molecule has 0 aliphatic heterocycles. The van der Waals surface area contributed by atoms with Crippen LogP contribution in [-0.2, 0) is 28.6 Å². The van der Waals surface area contributed by atoms with Gasteiger partial charge in [0.2, 0.25) is 0 Å². The van der Waals surface area contributed by atoms with Gasteiger partial charge in [-0.05, 0) is 70.6 Å². The second kappa shape index (κ2) is 59.5. The highest BCUT2D eigenvalue weighted by atomic mass is 16.6. The number of ether oxygens (including phenoxy) is 3. The normalized spacial score (nSPS) is 12.1. The molecule has 0 spiro atoms. The van der Waals surface area contributed by atoms with Gasteiger partial charge in [0.15, 0.2) is 6.10 Å². The Balaban J connectivity index is 3.89. The molecule has 6 heteroatoms. The zero-order chi connectivity index (χ0) is 50.7. The summed E-state index contributed by atoms with van der Waals surface area (Å²) in [6.07, 6.45) is 71.0. The average molecular weight is 986 g/mol. The molecule has 0 aromatic rings. The molecular formula is C64H120O6. The van der Waals surface area contributed by atoms with Crippen molar-refractivity contribution in [3.8, 4) is 0 Å². The maximum atomic E-state index is 12.8. The molecule has 6 nitrogen and oxygen atoms in total. The number of rotatable bonds is 58. The van der Waals surface area contributed by atoms with Crippen molar-refractivity contribution < 1.29 is 28.6 Å². The van der Waals surface area contributed by atoms with E-state index >= 15 is 0 Å². The molecule has 0 aliphatic rings. The van der Waals surface area contributed by atoms with E-state index in [0.29, 0.717) is 19.3 Å². The predicted molar refractivity (Wildman–Crippen MR) is 303 cm³/mol. The van der Waals surface area contributed by atoms with Gasteiger partial charge in [-0.1, -0.05) is 283 Å². The van der Waals surface area contributed by atoms with E-state index in [9.17, 15) is 14.4 Å². The number of carbonyl (C=O) groups excluding carboxylic acids is 3. The van der Waals surface area contributed by atoms with Crippen LogP contribution in [0, 0.1) is 0 Å². The fourth-order valence-corrected chi connectivity index (χ4v) is 9.44. The Morgan fingerprint density at radius 3 is 0.743 bits per heavy atom. The highest BCUT2D eigenvalue weighted by molar-refractivity contribution is 5.71. The van der Waals surface area contributed by atoms with E-state index < -0.39 is 6.10 Å². The first-order valence-electron chi connectivity index (χ1n) is 31.3. The number of hydrogen-bond acceptors (Lipinski definition) is 6. The van der Waals surface area contributed by atoms with Crippen LogP contribution in [0.5, 0.6) is 0 Å². The quantitative estimate of drug-likeness (QED) is 0.0261. The predicted octanol–water partition coefficient (Wildman–Crippen LogP) is 21.1. The molecule has 0 aromatic carbocycles. The van der Waals surface area contributed by atoms with Gasteiger partial charge >= 0.3 is 17.9 Å². The molecular weight excluding hydrogens is 865 g/mol. The monoisotopic (exact) mass is 985 g/mol. The molecule has 1 atom stereocenters. The number of hydrogen-bond donors (Lipinski definition) is 0. The van der Waals surface area contributed by atoms with Crippen molar-refractivity contribution in [2.24, 2.45) is 0 Å². The van der Waals surface area contributed by atoms with Crippen molar-refractivity contribution in [2.75, 3.05) is 13.2 Å². The lowest BCUT2D eigenvalue weighted by atomic mass is 10.0. The largest absolute Gasteiger partial charge is 0.462 e. The van der Waals surface area contributed by atoms with Crippen LogP contribution in [0.3, 0.4) is 0 Å². The Morgan fingerprint density at radius 1 is 0.271 bits per heavy atom. The molecule has 0 bridgehead atoms. The van der Waals surface area contributed by atoms with E-state index in [1.165, 1.54) is 244 Å². The number of unbranched alkanes of at least 4 members (excludes halogenated alkanes) is 43. The Morgan fingerprint density at radius 2 is 0.471 bits per heavy atom. The topological polar surface area (TPSA) is 78.9 Å². The SMILES string of the molecule is CCCCC/C=C\CCCCCCCC(=O)OC(COC(=O)CCCCCCCCC)COC(=O)CCCCCCCCCCCCCCCCCCCCCCC/C=C\CCCCCCCCCC. The van der Waals surface area contributed by atoms with E-state index in [4.69, 9.17) is 14.2 Å². The van der Waals surface area contributed by atoms with E-state index in [2.05, 4.69) is 45.1 Å². The molecule has 0 rings (SSSR count). The summed E-state index contributed by atoms with van der Waals surface area (Å²) in [5.74, 6) is -0.869.